The molecule has 0 radical (unpaired) electrons. The molecule has 150 valence electrons. The largest absolute Gasteiger partial charge is 0.478 e. The lowest BCUT2D eigenvalue weighted by Gasteiger charge is -2.32. The van der Waals surface area contributed by atoms with E-state index < -0.39 is 5.97 Å². The summed E-state index contributed by atoms with van der Waals surface area (Å²) in [5.74, 6) is -1.09. The monoisotopic (exact) mass is 391 g/mol. The van der Waals surface area contributed by atoms with Crippen LogP contribution in [0.2, 0.25) is 0 Å². The molecule has 0 aliphatic carbocycles. The molecule has 1 aliphatic heterocycles. The number of carboxylic acid groups (broad SMARTS) is 1. The highest BCUT2D eigenvalue weighted by atomic mass is 16.4. The topological polar surface area (TPSA) is 73.7 Å². The number of hydrogen-bond acceptors (Lipinski definition) is 5. The molecular weight excluding hydrogens is 366 g/mol. The molecule has 2 heterocycles. The number of aromatic nitrogens is 1. The molecule has 1 N–H and O–H groups in total. The first-order valence-corrected chi connectivity index (χ1v) is 9.60. The average Bonchev–Trinajstić information content (AvgIpc) is 2.73. The predicted octanol–water partition coefficient (Wildman–Crippen LogP) is 2.82. The lowest BCUT2D eigenvalue weighted by Crippen LogP contribution is -2.44. The molecule has 0 spiro atoms. The number of likely N-dealkylation sites (N-methyl/N-ethyl adjacent to an activating group) is 1. The number of nitrogens with zero attached hydrogens (tertiary/aromatic N) is 3. The van der Waals surface area contributed by atoms with E-state index in [1.54, 1.807) is 24.3 Å². The number of piperazine rings is 1. The smallest absolute Gasteiger partial charge is 0.328 e. The lowest BCUT2D eigenvalue weighted by atomic mass is 10.0. The molecule has 6 heteroatoms. The van der Waals surface area contributed by atoms with Crippen LogP contribution in [0.1, 0.15) is 27.3 Å². The number of carbonyl (C=O) groups is 2. The Morgan fingerprint density at radius 3 is 2.31 bits per heavy atom. The zero-order valence-electron chi connectivity index (χ0n) is 16.5. The van der Waals surface area contributed by atoms with Crippen LogP contribution >= 0.6 is 0 Å². The van der Waals surface area contributed by atoms with Crippen LogP contribution < -0.4 is 0 Å². The number of aliphatic carboxylic acids is 1. The van der Waals surface area contributed by atoms with Gasteiger partial charge in [0.05, 0.1) is 11.4 Å². The van der Waals surface area contributed by atoms with E-state index in [9.17, 15) is 9.59 Å². The average molecular weight is 391 g/mol. The number of carboxylic acids is 1. The van der Waals surface area contributed by atoms with Crippen LogP contribution in [0.3, 0.4) is 0 Å². The van der Waals surface area contributed by atoms with Gasteiger partial charge in [0.2, 0.25) is 0 Å². The van der Waals surface area contributed by atoms with Gasteiger partial charge in [-0.2, -0.15) is 0 Å². The minimum absolute atomic E-state index is 0.0667. The number of carbonyl (C=O) groups excluding carboxylic acids is 1. The molecule has 1 aromatic heterocycles. The molecular formula is C23H25N3O3. The Morgan fingerprint density at radius 1 is 0.966 bits per heavy atom. The summed E-state index contributed by atoms with van der Waals surface area (Å²) in [6.45, 7) is 4.82. The second kappa shape index (κ2) is 9.91. The number of rotatable bonds is 7. The van der Waals surface area contributed by atoms with E-state index in [1.165, 1.54) is 12.2 Å². The Hall–Kier alpha value is -3.09. The molecule has 3 rings (SSSR count). The van der Waals surface area contributed by atoms with Crippen LogP contribution in [0.15, 0.2) is 54.6 Å². The number of hydrogen-bond donors (Lipinski definition) is 1. The first-order valence-electron chi connectivity index (χ1n) is 9.60. The maximum atomic E-state index is 12.8. The summed E-state index contributed by atoms with van der Waals surface area (Å²) in [6.07, 6.45) is 5.64. The zero-order valence-corrected chi connectivity index (χ0v) is 16.5. The van der Waals surface area contributed by atoms with E-state index in [2.05, 4.69) is 21.8 Å². The summed E-state index contributed by atoms with van der Waals surface area (Å²) in [6, 6.07) is 13.0. The third kappa shape index (κ3) is 6.20. The first-order chi connectivity index (χ1) is 14.0. The Kier molecular flexibility index (Phi) is 7.05. The van der Waals surface area contributed by atoms with Gasteiger partial charge in [-0.1, -0.05) is 30.3 Å². The van der Waals surface area contributed by atoms with Crippen LogP contribution in [0.25, 0.3) is 12.2 Å². The van der Waals surface area contributed by atoms with Gasteiger partial charge in [0, 0.05) is 44.4 Å². The number of allylic oxidation sites excluding steroid dienone is 1. The van der Waals surface area contributed by atoms with Gasteiger partial charge in [0.25, 0.3) is 0 Å². The van der Waals surface area contributed by atoms with Crippen molar-refractivity contribution in [1.82, 2.24) is 14.8 Å². The lowest BCUT2D eigenvalue weighted by molar-refractivity contribution is -0.131. The minimum Gasteiger partial charge on any atom is -0.478 e. The molecule has 0 saturated carbocycles. The first kappa shape index (κ1) is 20.6. The minimum atomic E-state index is -1.03. The highest BCUT2D eigenvalue weighted by Gasteiger charge is 2.16. The summed E-state index contributed by atoms with van der Waals surface area (Å²) >= 11 is 0. The molecule has 0 unspecified atom stereocenters. The van der Waals surface area contributed by atoms with E-state index >= 15 is 0 Å². The third-order valence-corrected chi connectivity index (χ3v) is 4.87. The van der Waals surface area contributed by atoms with Crippen molar-refractivity contribution < 1.29 is 14.7 Å². The van der Waals surface area contributed by atoms with E-state index in [1.807, 2.05) is 24.3 Å². The summed E-state index contributed by atoms with van der Waals surface area (Å²) in [7, 11) is 2.13. The number of pyridine rings is 1. The van der Waals surface area contributed by atoms with Crippen molar-refractivity contribution in [3.63, 3.8) is 0 Å². The third-order valence-electron chi connectivity index (χ3n) is 4.87. The molecule has 6 nitrogen and oxygen atoms in total. The van der Waals surface area contributed by atoms with Crippen LogP contribution in [0.4, 0.5) is 0 Å². The van der Waals surface area contributed by atoms with Crippen LogP contribution in [-0.4, -0.2) is 64.9 Å². The van der Waals surface area contributed by atoms with Crippen LogP contribution in [0.5, 0.6) is 0 Å². The molecule has 0 bridgehead atoms. The van der Waals surface area contributed by atoms with Crippen molar-refractivity contribution in [3.05, 3.63) is 77.1 Å². The molecule has 1 aliphatic rings. The summed E-state index contributed by atoms with van der Waals surface area (Å²) in [4.78, 5) is 32.5. The molecule has 0 atom stereocenters. The fraction of sp³-hybridized carbons (Fsp3) is 0.261. The van der Waals surface area contributed by atoms with Gasteiger partial charge in [-0.25, -0.2) is 9.78 Å². The van der Waals surface area contributed by atoms with Gasteiger partial charge in [-0.15, -0.1) is 0 Å². The fourth-order valence-corrected chi connectivity index (χ4v) is 3.21. The van der Waals surface area contributed by atoms with Crippen molar-refractivity contribution >= 4 is 23.9 Å². The van der Waals surface area contributed by atoms with E-state index in [0.717, 1.165) is 44.4 Å². The van der Waals surface area contributed by atoms with Gasteiger partial charge in [0.15, 0.2) is 5.78 Å². The van der Waals surface area contributed by atoms with Crippen molar-refractivity contribution in [3.8, 4) is 0 Å². The van der Waals surface area contributed by atoms with Gasteiger partial charge < -0.3 is 10.0 Å². The number of ketones is 1. The van der Waals surface area contributed by atoms with Crippen molar-refractivity contribution in [2.45, 2.75) is 6.54 Å². The van der Waals surface area contributed by atoms with Gasteiger partial charge in [-0.05, 0) is 43.0 Å². The quantitative estimate of drug-likeness (QED) is 0.578. The molecule has 1 aromatic carbocycles. The summed E-state index contributed by atoms with van der Waals surface area (Å²) < 4.78 is 0. The Balaban J connectivity index is 1.71. The van der Waals surface area contributed by atoms with Crippen molar-refractivity contribution in [2.24, 2.45) is 0 Å². The fourth-order valence-electron chi connectivity index (χ4n) is 3.21. The maximum absolute atomic E-state index is 12.8. The van der Waals surface area contributed by atoms with Gasteiger partial charge >= 0.3 is 5.97 Å². The van der Waals surface area contributed by atoms with E-state index in [-0.39, 0.29) is 5.78 Å². The second-order valence-corrected chi connectivity index (χ2v) is 7.09. The Morgan fingerprint density at radius 2 is 1.62 bits per heavy atom. The Bertz CT molecular complexity index is 928. The predicted molar refractivity (Wildman–Crippen MR) is 113 cm³/mol. The molecule has 1 fully saturated rings. The van der Waals surface area contributed by atoms with Crippen LogP contribution in [-0.2, 0) is 11.3 Å². The highest BCUT2D eigenvalue weighted by Crippen LogP contribution is 2.15. The maximum Gasteiger partial charge on any atom is 0.328 e. The second-order valence-electron chi connectivity index (χ2n) is 7.09. The molecule has 0 amide bonds. The van der Waals surface area contributed by atoms with E-state index in [0.29, 0.717) is 17.0 Å². The summed E-state index contributed by atoms with van der Waals surface area (Å²) in [5.41, 5.74) is 2.85. The van der Waals surface area contributed by atoms with Crippen molar-refractivity contribution in [1.29, 1.82) is 0 Å². The molecule has 1 saturated heterocycles. The highest BCUT2D eigenvalue weighted by molar-refractivity contribution is 6.07. The Labute approximate surface area is 170 Å². The SMILES string of the molecule is CN1CCN(Cc2ccccc2C(=O)/C=C/c2cccc(/C=C/C(=O)O)n2)CC1. The summed E-state index contributed by atoms with van der Waals surface area (Å²) in [5, 5.41) is 8.72. The zero-order chi connectivity index (χ0) is 20.6. The standard InChI is InChI=1S/C23H25N3O3/c1-25-13-15-26(16-14-25)17-18-5-2-3-8-21(18)22(27)11-9-19-6-4-7-20(24-19)10-12-23(28)29/h2-12H,13-17H2,1H3,(H,28,29)/b11-9+,12-10+. The normalized spacial score (nSPS) is 15.9. The molecule has 29 heavy (non-hydrogen) atoms. The number of benzene rings is 1. The van der Waals surface area contributed by atoms with E-state index in [4.69, 9.17) is 5.11 Å². The van der Waals surface area contributed by atoms with Crippen LogP contribution in [0, 0.1) is 0 Å². The molecule has 2 aromatic rings. The van der Waals surface area contributed by atoms with Crippen molar-refractivity contribution in [2.75, 3.05) is 33.2 Å². The van der Waals surface area contributed by atoms with Gasteiger partial charge in [0.1, 0.15) is 0 Å². The van der Waals surface area contributed by atoms with Gasteiger partial charge in [-0.3, -0.25) is 9.69 Å².